The Kier molecular flexibility index (Phi) is 4.42. The molecule has 0 aromatic heterocycles. The van der Waals surface area contributed by atoms with Crippen LogP contribution in [0.3, 0.4) is 0 Å². The smallest absolute Gasteiger partial charge is 0.307 e. The summed E-state index contributed by atoms with van der Waals surface area (Å²) in [5.74, 6) is -0.958. The number of rotatable bonds is 5. The molecule has 1 aliphatic heterocycles. The van der Waals surface area contributed by atoms with Gasteiger partial charge in [0.2, 0.25) is 10.0 Å². The van der Waals surface area contributed by atoms with Crippen LogP contribution < -0.4 is 0 Å². The Morgan fingerprint density at radius 3 is 2.50 bits per heavy atom. The molecule has 110 valence electrons. The first-order valence-corrected chi connectivity index (χ1v) is 7.82. The van der Waals surface area contributed by atoms with Crippen LogP contribution in [0.4, 0.5) is 0 Å². The third-order valence-electron chi connectivity index (χ3n) is 3.42. The van der Waals surface area contributed by atoms with E-state index in [-0.39, 0.29) is 24.0 Å². The maximum absolute atomic E-state index is 12.4. The molecule has 2 rings (SSSR count). The molecule has 0 spiro atoms. The van der Waals surface area contributed by atoms with Crippen molar-refractivity contribution in [3.05, 3.63) is 29.8 Å². The molecule has 6 nitrogen and oxygen atoms in total. The summed E-state index contributed by atoms with van der Waals surface area (Å²) in [7, 11) is -3.62. The van der Waals surface area contributed by atoms with E-state index in [2.05, 4.69) is 0 Å². The van der Waals surface area contributed by atoms with Crippen molar-refractivity contribution >= 4 is 16.0 Å². The Morgan fingerprint density at radius 2 is 1.95 bits per heavy atom. The number of aliphatic hydroxyl groups excluding tert-OH is 1. The first kappa shape index (κ1) is 15.0. The second kappa shape index (κ2) is 5.90. The summed E-state index contributed by atoms with van der Waals surface area (Å²) in [5, 5.41) is 17.9. The topological polar surface area (TPSA) is 94.9 Å². The van der Waals surface area contributed by atoms with Gasteiger partial charge >= 0.3 is 5.97 Å². The van der Waals surface area contributed by atoms with Crippen LogP contribution in [0.2, 0.25) is 0 Å². The number of benzene rings is 1. The number of hydrogen-bond donors (Lipinski definition) is 2. The zero-order chi connectivity index (χ0) is 14.8. The van der Waals surface area contributed by atoms with Gasteiger partial charge in [-0.15, -0.1) is 0 Å². The lowest BCUT2D eigenvalue weighted by Gasteiger charge is -2.22. The van der Waals surface area contributed by atoms with Crippen LogP contribution in [0, 0.1) is 0 Å². The van der Waals surface area contributed by atoms with Crippen molar-refractivity contribution in [1.82, 2.24) is 4.31 Å². The SMILES string of the molecule is O=C(O)Cc1ccc(S(=O)(=O)N2CCC[C@H]2CO)cc1. The van der Waals surface area contributed by atoms with Crippen LogP contribution in [0.15, 0.2) is 29.2 Å². The van der Waals surface area contributed by atoms with Gasteiger partial charge in [-0.05, 0) is 30.5 Å². The summed E-state index contributed by atoms with van der Waals surface area (Å²) in [6.07, 6.45) is 1.26. The van der Waals surface area contributed by atoms with E-state index in [0.29, 0.717) is 18.5 Å². The van der Waals surface area contributed by atoms with E-state index in [9.17, 15) is 18.3 Å². The Bertz CT molecular complexity index is 581. The summed E-state index contributed by atoms with van der Waals surface area (Å²) >= 11 is 0. The van der Waals surface area contributed by atoms with E-state index in [0.717, 1.165) is 6.42 Å². The minimum Gasteiger partial charge on any atom is -0.481 e. The number of sulfonamides is 1. The normalized spacial score (nSPS) is 20.1. The van der Waals surface area contributed by atoms with Crippen LogP contribution in [-0.4, -0.2) is 48.1 Å². The highest BCUT2D eigenvalue weighted by molar-refractivity contribution is 7.89. The Labute approximate surface area is 117 Å². The van der Waals surface area contributed by atoms with E-state index < -0.39 is 16.0 Å². The van der Waals surface area contributed by atoms with Crippen molar-refractivity contribution in [3.63, 3.8) is 0 Å². The largest absolute Gasteiger partial charge is 0.481 e. The Morgan fingerprint density at radius 1 is 1.30 bits per heavy atom. The summed E-state index contributed by atoms with van der Waals surface area (Å²) in [6, 6.07) is 5.48. The monoisotopic (exact) mass is 299 g/mol. The third kappa shape index (κ3) is 3.00. The molecule has 0 bridgehead atoms. The predicted molar refractivity (Wildman–Crippen MR) is 71.8 cm³/mol. The fourth-order valence-corrected chi connectivity index (χ4v) is 4.08. The van der Waals surface area contributed by atoms with Crippen LogP contribution in [-0.2, 0) is 21.2 Å². The van der Waals surface area contributed by atoms with Gasteiger partial charge < -0.3 is 10.2 Å². The number of nitrogens with zero attached hydrogens (tertiary/aromatic N) is 1. The lowest BCUT2D eigenvalue weighted by Crippen LogP contribution is -2.37. The van der Waals surface area contributed by atoms with Gasteiger partial charge in [0.1, 0.15) is 0 Å². The summed E-state index contributed by atoms with van der Waals surface area (Å²) in [6.45, 7) is 0.223. The molecule has 0 amide bonds. The highest BCUT2D eigenvalue weighted by atomic mass is 32.2. The first-order chi connectivity index (χ1) is 9.45. The number of carboxylic acid groups (broad SMARTS) is 1. The number of carbonyl (C=O) groups is 1. The van der Waals surface area contributed by atoms with Gasteiger partial charge in [-0.3, -0.25) is 4.79 Å². The molecule has 7 heteroatoms. The molecule has 0 aliphatic carbocycles. The van der Waals surface area contributed by atoms with Crippen LogP contribution >= 0.6 is 0 Å². The van der Waals surface area contributed by atoms with Gasteiger partial charge in [0.05, 0.1) is 17.9 Å². The molecule has 1 aliphatic rings. The second-order valence-corrected chi connectivity index (χ2v) is 6.70. The fraction of sp³-hybridized carbons (Fsp3) is 0.462. The van der Waals surface area contributed by atoms with Gasteiger partial charge in [0, 0.05) is 12.6 Å². The molecule has 1 fully saturated rings. The molecule has 20 heavy (non-hydrogen) atoms. The summed E-state index contributed by atoms with van der Waals surface area (Å²) < 4.78 is 26.2. The van der Waals surface area contributed by atoms with Gasteiger partial charge in [-0.2, -0.15) is 4.31 Å². The van der Waals surface area contributed by atoms with Crippen molar-refractivity contribution in [1.29, 1.82) is 0 Å². The average molecular weight is 299 g/mol. The van der Waals surface area contributed by atoms with Crippen molar-refractivity contribution in [3.8, 4) is 0 Å². The molecule has 1 aromatic carbocycles. The number of carboxylic acids is 1. The Hall–Kier alpha value is -1.44. The second-order valence-electron chi connectivity index (χ2n) is 4.81. The van der Waals surface area contributed by atoms with Crippen molar-refractivity contribution in [2.24, 2.45) is 0 Å². The summed E-state index contributed by atoms with van der Waals surface area (Å²) in [5.41, 5.74) is 0.552. The predicted octanol–water partition coefficient (Wildman–Crippen LogP) is 0.459. The Balaban J connectivity index is 2.23. The van der Waals surface area contributed by atoms with Gasteiger partial charge in [-0.1, -0.05) is 12.1 Å². The van der Waals surface area contributed by atoms with Gasteiger partial charge in [-0.25, -0.2) is 8.42 Å². The highest BCUT2D eigenvalue weighted by Crippen LogP contribution is 2.25. The van der Waals surface area contributed by atoms with E-state index in [1.54, 1.807) is 0 Å². The quantitative estimate of drug-likeness (QED) is 0.823. The third-order valence-corrected chi connectivity index (χ3v) is 5.39. The van der Waals surface area contributed by atoms with Gasteiger partial charge in [0.25, 0.3) is 0 Å². The molecule has 1 aromatic rings. The highest BCUT2D eigenvalue weighted by Gasteiger charge is 2.34. The number of hydrogen-bond acceptors (Lipinski definition) is 4. The minimum absolute atomic E-state index is 0.131. The molecular weight excluding hydrogens is 282 g/mol. The van der Waals surface area contributed by atoms with Crippen LogP contribution in [0.5, 0.6) is 0 Å². The van der Waals surface area contributed by atoms with Crippen molar-refractivity contribution in [2.75, 3.05) is 13.2 Å². The van der Waals surface area contributed by atoms with E-state index in [4.69, 9.17) is 5.11 Å². The van der Waals surface area contributed by atoms with Crippen LogP contribution in [0.1, 0.15) is 18.4 Å². The van der Waals surface area contributed by atoms with E-state index in [1.165, 1.54) is 28.6 Å². The number of aliphatic carboxylic acids is 1. The molecule has 2 N–H and O–H groups in total. The molecule has 0 radical (unpaired) electrons. The van der Waals surface area contributed by atoms with E-state index in [1.807, 2.05) is 0 Å². The van der Waals surface area contributed by atoms with Crippen molar-refractivity contribution in [2.45, 2.75) is 30.2 Å². The molecule has 1 saturated heterocycles. The molecule has 1 heterocycles. The molecular formula is C13H17NO5S. The maximum Gasteiger partial charge on any atom is 0.307 e. The van der Waals surface area contributed by atoms with Crippen LogP contribution in [0.25, 0.3) is 0 Å². The van der Waals surface area contributed by atoms with E-state index >= 15 is 0 Å². The standard InChI is InChI=1S/C13H17NO5S/c15-9-11-2-1-7-14(11)20(18,19)12-5-3-10(4-6-12)8-13(16)17/h3-6,11,15H,1-2,7-9H2,(H,16,17)/t11-/m0/s1. The zero-order valence-electron chi connectivity index (χ0n) is 10.9. The fourth-order valence-electron chi connectivity index (χ4n) is 2.40. The van der Waals surface area contributed by atoms with Crippen molar-refractivity contribution < 1.29 is 23.4 Å². The first-order valence-electron chi connectivity index (χ1n) is 6.38. The number of aliphatic hydroxyl groups is 1. The lowest BCUT2D eigenvalue weighted by molar-refractivity contribution is -0.136. The summed E-state index contributed by atoms with van der Waals surface area (Å²) in [4.78, 5) is 10.7. The molecule has 1 atom stereocenters. The molecule has 0 unspecified atom stereocenters. The lowest BCUT2D eigenvalue weighted by atomic mass is 10.2. The minimum atomic E-state index is -3.62. The maximum atomic E-state index is 12.4. The average Bonchev–Trinajstić information content (AvgIpc) is 2.87. The zero-order valence-corrected chi connectivity index (χ0v) is 11.7. The van der Waals surface area contributed by atoms with Gasteiger partial charge in [0.15, 0.2) is 0 Å². The molecule has 0 saturated carbocycles.